The van der Waals surface area contributed by atoms with Crippen molar-refractivity contribution in [2.75, 3.05) is 12.3 Å². The Balaban J connectivity index is 1.55. The molecule has 10 heteroatoms. The van der Waals surface area contributed by atoms with Crippen LogP contribution in [0.5, 0.6) is 0 Å². The summed E-state index contributed by atoms with van der Waals surface area (Å²) >= 11 is 0. The molecule has 1 amide bonds. The monoisotopic (exact) mass is 514 g/mol. The molecule has 2 aromatic carbocycles. The summed E-state index contributed by atoms with van der Waals surface area (Å²) in [5.41, 5.74) is 9.13. The molecule has 0 unspecified atom stereocenters. The van der Waals surface area contributed by atoms with E-state index >= 15 is 0 Å². The first-order valence-corrected chi connectivity index (χ1v) is 12.2. The Morgan fingerprint density at radius 2 is 1.84 bits per heavy atom. The van der Waals surface area contributed by atoms with E-state index < -0.39 is 23.6 Å². The predicted molar refractivity (Wildman–Crippen MR) is 132 cm³/mol. The van der Waals surface area contributed by atoms with E-state index in [1.165, 1.54) is 16.8 Å². The number of aromatic nitrogens is 2. The number of carbonyl (C=O) groups is 2. The first-order valence-electron chi connectivity index (χ1n) is 12.2. The molecule has 37 heavy (non-hydrogen) atoms. The second-order valence-corrected chi connectivity index (χ2v) is 9.22. The Morgan fingerprint density at radius 1 is 1.16 bits per heavy atom. The third kappa shape index (κ3) is 5.79. The zero-order chi connectivity index (χ0) is 26.7. The van der Waals surface area contributed by atoms with Crippen LogP contribution in [-0.2, 0) is 11.3 Å². The highest BCUT2D eigenvalue weighted by Crippen LogP contribution is 2.42. The van der Waals surface area contributed by atoms with Crippen molar-refractivity contribution in [3.8, 4) is 5.69 Å². The van der Waals surface area contributed by atoms with Crippen LogP contribution in [0.2, 0.25) is 0 Å². The maximum Gasteiger partial charge on any atom is 0.359 e. The number of anilines is 1. The highest BCUT2D eigenvalue weighted by Gasteiger charge is 2.38. The topological polar surface area (TPSA) is 99.2 Å². The first kappa shape index (κ1) is 26.2. The second kappa shape index (κ2) is 10.7. The molecule has 1 saturated carbocycles. The van der Waals surface area contributed by atoms with Gasteiger partial charge in [0, 0.05) is 30.9 Å². The van der Waals surface area contributed by atoms with E-state index in [1.807, 2.05) is 0 Å². The molecule has 7 nitrogen and oxygen atoms in total. The smallest absolute Gasteiger partial charge is 0.359 e. The molecule has 3 aromatic rings. The van der Waals surface area contributed by atoms with Crippen molar-refractivity contribution in [2.24, 2.45) is 0 Å². The number of hydrogen-bond acceptors (Lipinski definition) is 5. The number of carbonyl (C=O) groups excluding carboxylic acids is 2. The minimum absolute atomic E-state index is 0.0526. The fourth-order valence-corrected chi connectivity index (χ4v) is 4.52. The first-order chi connectivity index (χ1) is 17.6. The third-order valence-corrected chi connectivity index (χ3v) is 6.60. The summed E-state index contributed by atoms with van der Waals surface area (Å²) in [5.74, 6) is -4.52. The molecular weight excluding hydrogens is 485 g/mol. The molecule has 1 aliphatic rings. The molecule has 1 aromatic heterocycles. The van der Waals surface area contributed by atoms with Gasteiger partial charge in [-0.3, -0.25) is 4.79 Å². The summed E-state index contributed by atoms with van der Waals surface area (Å²) in [6.07, 6.45) is -0.0671. The Labute approximate surface area is 212 Å². The minimum Gasteiger partial charge on any atom is -0.461 e. The predicted octanol–water partition coefficient (Wildman–Crippen LogP) is 5.30. The zero-order valence-electron chi connectivity index (χ0n) is 20.7. The SMILES string of the molecule is CCOC(=O)c1c(N)c(C2CCC(F)(F)CC2)nn1-c1ccc(CNC(=O)c2cc(F)ccc2C)cc1. The summed E-state index contributed by atoms with van der Waals surface area (Å²) in [6.45, 7) is 3.74. The summed E-state index contributed by atoms with van der Waals surface area (Å²) in [5, 5.41) is 7.33. The van der Waals surface area contributed by atoms with Gasteiger partial charge < -0.3 is 15.8 Å². The number of benzene rings is 2. The number of amides is 1. The average Bonchev–Trinajstić information content (AvgIpc) is 3.21. The van der Waals surface area contributed by atoms with Gasteiger partial charge in [-0.2, -0.15) is 5.10 Å². The van der Waals surface area contributed by atoms with Crippen LogP contribution in [0.25, 0.3) is 5.69 Å². The van der Waals surface area contributed by atoms with E-state index in [1.54, 1.807) is 44.2 Å². The van der Waals surface area contributed by atoms with Crippen LogP contribution in [0.4, 0.5) is 18.9 Å². The van der Waals surface area contributed by atoms with Crippen molar-refractivity contribution in [1.29, 1.82) is 0 Å². The van der Waals surface area contributed by atoms with Gasteiger partial charge in [-0.05, 0) is 62.1 Å². The third-order valence-electron chi connectivity index (χ3n) is 6.60. The standard InChI is InChI=1S/C27H29F3N4O3/c1-3-37-26(36)24-22(31)23(18-10-12-27(29,30)13-11-18)33-34(24)20-8-5-17(6-9-20)15-32-25(35)21-14-19(28)7-4-16(21)2/h4-9,14,18H,3,10-13,15,31H2,1-2H3,(H,32,35). The van der Waals surface area contributed by atoms with E-state index in [9.17, 15) is 22.8 Å². The van der Waals surface area contributed by atoms with Crippen LogP contribution in [0.1, 0.15) is 76.2 Å². The van der Waals surface area contributed by atoms with E-state index in [0.29, 0.717) is 16.9 Å². The highest BCUT2D eigenvalue weighted by atomic mass is 19.3. The summed E-state index contributed by atoms with van der Waals surface area (Å²) in [4.78, 5) is 25.2. The number of esters is 1. The molecule has 0 radical (unpaired) electrons. The lowest BCUT2D eigenvalue weighted by atomic mass is 9.84. The minimum atomic E-state index is -2.70. The van der Waals surface area contributed by atoms with Gasteiger partial charge in [0.05, 0.1) is 23.7 Å². The largest absolute Gasteiger partial charge is 0.461 e. The van der Waals surface area contributed by atoms with Crippen molar-refractivity contribution in [1.82, 2.24) is 15.1 Å². The quantitative estimate of drug-likeness (QED) is 0.417. The fraction of sp³-hybridized carbons (Fsp3) is 0.370. The lowest BCUT2D eigenvalue weighted by molar-refractivity contribution is -0.0384. The summed E-state index contributed by atoms with van der Waals surface area (Å²) < 4.78 is 47.5. The second-order valence-electron chi connectivity index (χ2n) is 9.22. The molecule has 4 rings (SSSR count). The highest BCUT2D eigenvalue weighted by molar-refractivity contribution is 5.96. The van der Waals surface area contributed by atoms with Crippen LogP contribution >= 0.6 is 0 Å². The number of nitrogens with zero attached hydrogens (tertiary/aromatic N) is 2. The van der Waals surface area contributed by atoms with Crippen molar-refractivity contribution in [3.63, 3.8) is 0 Å². The number of nitrogens with one attached hydrogen (secondary N) is 1. The van der Waals surface area contributed by atoms with Gasteiger partial charge >= 0.3 is 5.97 Å². The fourth-order valence-electron chi connectivity index (χ4n) is 4.52. The molecule has 0 saturated heterocycles. The molecule has 3 N–H and O–H groups in total. The van der Waals surface area contributed by atoms with E-state index in [2.05, 4.69) is 10.4 Å². The van der Waals surface area contributed by atoms with Crippen molar-refractivity contribution in [2.45, 2.75) is 57.9 Å². The van der Waals surface area contributed by atoms with E-state index in [0.717, 1.165) is 5.56 Å². The van der Waals surface area contributed by atoms with Crippen molar-refractivity contribution < 1.29 is 27.5 Å². The molecule has 196 valence electrons. The lowest BCUT2D eigenvalue weighted by Crippen LogP contribution is -2.24. The molecule has 0 atom stereocenters. The van der Waals surface area contributed by atoms with Crippen molar-refractivity contribution in [3.05, 3.63) is 76.4 Å². The number of ether oxygens (including phenoxy) is 1. The summed E-state index contributed by atoms with van der Waals surface area (Å²) in [6, 6.07) is 11.0. The molecule has 0 spiro atoms. The Kier molecular flexibility index (Phi) is 7.56. The zero-order valence-corrected chi connectivity index (χ0v) is 20.7. The number of aryl methyl sites for hydroxylation is 1. The Bertz CT molecular complexity index is 1290. The summed E-state index contributed by atoms with van der Waals surface area (Å²) in [7, 11) is 0. The number of hydrogen-bond donors (Lipinski definition) is 2. The van der Waals surface area contributed by atoms with Crippen LogP contribution < -0.4 is 11.1 Å². The maximum atomic E-state index is 13.7. The maximum absolute atomic E-state index is 13.7. The van der Waals surface area contributed by atoms with E-state index in [-0.39, 0.29) is 61.7 Å². The van der Waals surface area contributed by atoms with Crippen LogP contribution in [0.15, 0.2) is 42.5 Å². The number of rotatable bonds is 7. The van der Waals surface area contributed by atoms with Gasteiger partial charge in [-0.1, -0.05) is 18.2 Å². The van der Waals surface area contributed by atoms with Gasteiger partial charge in [0.15, 0.2) is 5.69 Å². The van der Waals surface area contributed by atoms with Crippen LogP contribution in [0.3, 0.4) is 0 Å². The van der Waals surface area contributed by atoms with Crippen LogP contribution in [0, 0.1) is 12.7 Å². The van der Waals surface area contributed by atoms with Crippen molar-refractivity contribution >= 4 is 17.6 Å². The molecule has 0 bridgehead atoms. The van der Waals surface area contributed by atoms with Gasteiger partial charge in [0.1, 0.15) is 5.82 Å². The lowest BCUT2D eigenvalue weighted by Gasteiger charge is -2.27. The Morgan fingerprint density at radius 3 is 2.49 bits per heavy atom. The molecule has 0 aliphatic heterocycles. The number of nitrogens with two attached hydrogens (primary N) is 1. The van der Waals surface area contributed by atoms with Gasteiger partial charge in [-0.25, -0.2) is 22.6 Å². The van der Waals surface area contributed by atoms with Gasteiger partial charge in [-0.15, -0.1) is 0 Å². The molecular formula is C27H29F3N4O3. The number of alkyl halides is 2. The van der Waals surface area contributed by atoms with Gasteiger partial charge in [0.2, 0.25) is 5.92 Å². The molecule has 1 fully saturated rings. The molecule has 1 heterocycles. The van der Waals surface area contributed by atoms with Crippen LogP contribution in [-0.4, -0.2) is 34.2 Å². The Hall–Kier alpha value is -3.82. The normalized spacial score (nSPS) is 15.4. The molecule has 1 aliphatic carbocycles. The van der Waals surface area contributed by atoms with E-state index in [4.69, 9.17) is 10.5 Å². The van der Waals surface area contributed by atoms with Gasteiger partial charge in [0.25, 0.3) is 5.91 Å². The number of nitrogen functional groups attached to an aromatic ring is 1. The average molecular weight is 515 g/mol. The number of halogens is 3.